The lowest BCUT2D eigenvalue weighted by molar-refractivity contribution is -0.162. The zero-order valence-electron chi connectivity index (χ0n) is 6.23. The number of rotatable bonds is 2. The lowest BCUT2D eigenvalue weighted by Crippen LogP contribution is -2.22. The van der Waals surface area contributed by atoms with Gasteiger partial charge in [0, 0.05) is 12.7 Å². The van der Waals surface area contributed by atoms with Crippen molar-refractivity contribution in [2.75, 3.05) is 5.75 Å². The Labute approximate surface area is 67.3 Å². The average Bonchev–Trinajstić information content (AvgIpc) is 1.80. The number of carbonyl (C=O) groups is 1. The van der Waals surface area contributed by atoms with Crippen LogP contribution in [0, 0.1) is 5.92 Å². The van der Waals surface area contributed by atoms with E-state index >= 15 is 0 Å². The van der Waals surface area contributed by atoms with Crippen molar-refractivity contribution in [1.82, 2.24) is 0 Å². The zero-order valence-corrected chi connectivity index (χ0v) is 7.05. The van der Waals surface area contributed by atoms with E-state index in [0.717, 1.165) is 6.92 Å². The molecule has 0 rings (SSSR count). The maximum atomic E-state index is 11.8. The van der Waals surface area contributed by atoms with Gasteiger partial charge in [-0.15, -0.1) is 0 Å². The Morgan fingerprint density at radius 2 is 2.00 bits per heavy atom. The summed E-state index contributed by atoms with van der Waals surface area (Å²) in [5.41, 5.74) is 0. The van der Waals surface area contributed by atoms with Crippen LogP contribution in [0.5, 0.6) is 0 Å². The third-order valence-corrected chi connectivity index (χ3v) is 2.17. The number of carbonyl (C=O) groups excluding carboxylic acids is 1. The molecule has 0 amide bonds. The van der Waals surface area contributed by atoms with Gasteiger partial charge >= 0.3 is 6.18 Å². The minimum Gasteiger partial charge on any atom is -0.288 e. The molecular weight excluding hydrogens is 177 g/mol. The van der Waals surface area contributed by atoms with E-state index in [1.165, 1.54) is 6.92 Å². The van der Waals surface area contributed by atoms with Gasteiger partial charge in [-0.25, -0.2) is 0 Å². The van der Waals surface area contributed by atoms with Gasteiger partial charge in [0.2, 0.25) is 0 Å². The van der Waals surface area contributed by atoms with Gasteiger partial charge in [-0.05, 0) is 0 Å². The summed E-state index contributed by atoms with van der Waals surface area (Å²) in [6, 6.07) is 0. The molecule has 0 aromatic heterocycles. The molecule has 0 aromatic rings. The van der Waals surface area contributed by atoms with E-state index in [9.17, 15) is 18.0 Å². The van der Waals surface area contributed by atoms with Crippen molar-refractivity contribution in [2.24, 2.45) is 5.92 Å². The Bertz CT molecular complexity index is 143. The van der Waals surface area contributed by atoms with E-state index in [4.69, 9.17) is 0 Å². The Kier molecular flexibility index (Phi) is 3.92. The van der Waals surface area contributed by atoms with E-state index < -0.39 is 12.1 Å². The number of hydrogen-bond acceptors (Lipinski definition) is 2. The minimum absolute atomic E-state index is 0.182. The Hall–Kier alpha value is -0.190. The molecule has 1 atom stereocenters. The number of hydrogen-bond donors (Lipinski definition) is 0. The molecule has 0 radical (unpaired) electrons. The predicted octanol–water partition coefficient (Wildman–Crippen LogP) is 2.46. The highest BCUT2D eigenvalue weighted by molar-refractivity contribution is 8.13. The summed E-state index contributed by atoms with van der Waals surface area (Å²) in [6.45, 7) is 2.32. The molecule has 0 saturated carbocycles. The van der Waals surface area contributed by atoms with Crippen LogP contribution in [0.4, 0.5) is 13.2 Å². The monoisotopic (exact) mass is 186 g/mol. The van der Waals surface area contributed by atoms with Crippen molar-refractivity contribution >= 4 is 16.9 Å². The maximum Gasteiger partial charge on any atom is 0.392 e. The van der Waals surface area contributed by atoms with Crippen LogP contribution < -0.4 is 0 Å². The second-order valence-corrected chi connectivity index (χ2v) is 3.44. The molecule has 5 heteroatoms. The van der Waals surface area contributed by atoms with Gasteiger partial charge in [0.05, 0.1) is 5.92 Å². The molecule has 1 nitrogen and oxygen atoms in total. The van der Waals surface area contributed by atoms with Crippen LogP contribution in [0.15, 0.2) is 0 Å². The number of thioether (sulfide) groups is 1. The van der Waals surface area contributed by atoms with Crippen LogP contribution >= 0.6 is 11.8 Å². The van der Waals surface area contributed by atoms with Gasteiger partial charge < -0.3 is 0 Å². The average molecular weight is 186 g/mol. The van der Waals surface area contributed by atoms with Crippen LogP contribution in [0.2, 0.25) is 0 Å². The fraction of sp³-hybridized carbons (Fsp3) is 0.833. The first kappa shape index (κ1) is 10.8. The van der Waals surface area contributed by atoms with Gasteiger partial charge in [0.1, 0.15) is 0 Å². The van der Waals surface area contributed by atoms with Gasteiger partial charge in [0.25, 0.3) is 0 Å². The Morgan fingerprint density at radius 3 is 2.27 bits per heavy atom. The summed E-state index contributed by atoms with van der Waals surface area (Å²) in [6.07, 6.45) is -4.18. The minimum atomic E-state index is -4.18. The maximum absolute atomic E-state index is 11.8. The summed E-state index contributed by atoms with van der Waals surface area (Å²) in [4.78, 5) is 10.3. The molecule has 0 bridgehead atoms. The quantitative estimate of drug-likeness (QED) is 0.659. The smallest absolute Gasteiger partial charge is 0.288 e. The van der Waals surface area contributed by atoms with Crippen LogP contribution in [-0.2, 0) is 4.79 Å². The first-order chi connectivity index (χ1) is 4.84. The van der Waals surface area contributed by atoms with Crippen molar-refractivity contribution in [1.29, 1.82) is 0 Å². The van der Waals surface area contributed by atoms with Gasteiger partial charge in [0.15, 0.2) is 5.12 Å². The van der Waals surface area contributed by atoms with Gasteiger partial charge in [-0.3, -0.25) is 4.79 Å². The normalized spacial score (nSPS) is 14.6. The van der Waals surface area contributed by atoms with Crippen molar-refractivity contribution in [3.8, 4) is 0 Å². The molecule has 0 spiro atoms. The summed E-state index contributed by atoms with van der Waals surface area (Å²) >= 11 is 0.707. The van der Waals surface area contributed by atoms with Crippen LogP contribution in [0.25, 0.3) is 0 Å². The Morgan fingerprint density at radius 1 is 1.55 bits per heavy atom. The predicted molar refractivity (Wildman–Crippen MR) is 38.4 cm³/mol. The molecular formula is C6H9F3OS. The SMILES string of the molecule is CC(=O)SCC(C)C(F)(F)F. The van der Waals surface area contributed by atoms with E-state index in [-0.39, 0.29) is 10.9 Å². The molecule has 11 heavy (non-hydrogen) atoms. The standard InChI is InChI=1S/C6H9F3OS/c1-4(6(7,8)9)3-11-5(2)10/h4H,3H2,1-2H3. The van der Waals surface area contributed by atoms with E-state index in [1.54, 1.807) is 0 Å². The summed E-state index contributed by atoms with van der Waals surface area (Å²) in [7, 11) is 0. The van der Waals surface area contributed by atoms with E-state index in [0.29, 0.717) is 11.8 Å². The van der Waals surface area contributed by atoms with Crippen LogP contribution in [-0.4, -0.2) is 17.0 Å². The summed E-state index contributed by atoms with van der Waals surface area (Å²) < 4.78 is 35.3. The first-order valence-corrected chi connectivity index (χ1v) is 4.02. The second kappa shape index (κ2) is 3.99. The highest BCUT2D eigenvalue weighted by atomic mass is 32.2. The lowest BCUT2D eigenvalue weighted by atomic mass is 10.2. The third kappa shape index (κ3) is 5.12. The molecule has 0 fully saturated rings. The van der Waals surface area contributed by atoms with Crippen LogP contribution in [0.3, 0.4) is 0 Å². The molecule has 0 aromatic carbocycles. The third-order valence-electron chi connectivity index (χ3n) is 1.10. The highest BCUT2D eigenvalue weighted by Gasteiger charge is 2.35. The molecule has 66 valence electrons. The highest BCUT2D eigenvalue weighted by Crippen LogP contribution is 2.28. The topological polar surface area (TPSA) is 17.1 Å². The summed E-state index contributed by atoms with van der Waals surface area (Å²) in [5, 5.41) is -0.277. The summed E-state index contributed by atoms with van der Waals surface area (Å²) in [5.74, 6) is -1.59. The molecule has 1 unspecified atom stereocenters. The lowest BCUT2D eigenvalue weighted by Gasteiger charge is -2.13. The van der Waals surface area contributed by atoms with Crippen molar-refractivity contribution < 1.29 is 18.0 Å². The first-order valence-electron chi connectivity index (χ1n) is 3.04. The second-order valence-electron chi connectivity index (χ2n) is 2.25. The van der Waals surface area contributed by atoms with Crippen molar-refractivity contribution in [2.45, 2.75) is 20.0 Å². The Balaban J connectivity index is 3.70. The zero-order chi connectivity index (χ0) is 9.07. The van der Waals surface area contributed by atoms with Crippen LogP contribution in [0.1, 0.15) is 13.8 Å². The largest absolute Gasteiger partial charge is 0.392 e. The van der Waals surface area contributed by atoms with Crippen molar-refractivity contribution in [3.05, 3.63) is 0 Å². The molecule has 0 aliphatic heterocycles. The van der Waals surface area contributed by atoms with E-state index in [1.807, 2.05) is 0 Å². The van der Waals surface area contributed by atoms with Crippen molar-refractivity contribution in [3.63, 3.8) is 0 Å². The van der Waals surface area contributed by atoms with Gasteiger partial charge in [-0.2, -0.15) is 13.2 Å². The fourth-order valence-electron chi connectivity index (χ4n) is 0.337. The fourth-order valence-corrected chi connectivity index (χ4v) is 1.01. The molecule has 0 aliphatic carbocycles. The molecule has 0 saturated heterocycles. The van der Waals surface area contributed by atoms with E-state index in [2.05, 4.69) is 0 Å². The molecule has 0 N–H and O–H groups in total. The number of halogens is 3. The molecule has 0 heterocycles. The molecule has 0 aliphatic rings. The van der Waals surface area contributed by atoms with Gasteiger partial charge in [-0.1, -0.05) is 18.7 Å². The number of alkyl halides is 3.